The van der Waals surface area contributed by atoms with Crippen molar-refractivity contribution in [2.24, 2.45) is 0 Å². The third-order valence-corrected chi connectivity index (χ3v) is 2.87. The van der Waals surface area contributed by atoms with Crippen molar-refractivity contribution in [3.8, 4) is 0 Å². The van der Waals surface area contributed by atoms with Crippen LogP contribution in [-0.2, 0) is 6.42 Å². The third kappa shape index (κ3) is 4.05. The van der Waals surface area contributed by atoms with Gasteiger partial charge in [0.15, 0.2) is 0 Å². The Morgan fingerprint density at radius 2 is 1.80 bits per heavy atom. The normalized spacial score (nSPS) is 12.7. The van der Waals surface area contributed by atoms with Crippen molar-refractivity contribution in [1.82, 2.24) is 5.32 Å². The fraction of sp³-hybridized carbons (Fsp3) is 0.571. The molecule has 0 amide bonds. The molecule has 1 aromatic rings. The van der Waals surface area contributed by atoms with E-state index in [-0.39, 0.29) is 0 Å². The molecule has 0 saturated carbocycles. The van der Waals surface area contributed by atoms with Crippen molar-refractivity contribution in [2.75, 3.05) is 6.54 Å². The second-order valence-corrected chi connectivity index (χ2v) is 4.12. The van der Waals surface area contributed by atoms with Gasteiger partial charge >= 0.3 is 0 Å². The topological polar surface area (TPSA) is 12.0 Å². The van der Waals surface area contributed by atoms with Crippen LogP contribution in [0.1, 0.15) is 50.8 Å². The van der Waals surface area contributed by atoms with Crippen LogP contribution in [0.2, 0.25) is 0 Å². The second kappa shape index (κ2) is 6.62. The van der Waals surface area contributed by atoms with Crippen LogP contribution in [0.5, 0.6) is 0 Å². The van der Waals surface area contributed by atoms with Gasteiger partial charge in [-0.2, -0.15) is 0 Å². The molecule has 1 aromatic carbocycles. The van der Waals surface area contributed by atoms with Gasteiger partial charge in [0.05, 0.1) is 0 Å². The lowest BCUT2D eigenvalue weighted by Gasteiger charge is -2.14. The molecule has 0 aromatic heterocycles. The molecule has 0 heterocycles. The van der Waals surface area contributed by atoms with Gasteiger partial charge in [0.1, 0.15) is 0 Å². The molecule has 1 nitrogen and oxygen atoms in total. The van der Waals surface area contributed by atoms with Gasteiger partial charge in [0.2, 0.25) is 0 Å². The van der Waals surface area contributed by atoms with Crippen molar-refractivity contribution in [3.63, 3.8) is 0 Å². The molecular weight excluding hydrogens is 182 g/mol. The molecule has 0 fully saturated rings. The molecule has 0 unspecified atom stereocenters. The summed E-state index contributed by atoms with van der Waals surface area (Å²) in [6, 6.07) is 9.41. The van der Waals surface area contributed by atoms with E-state index >= 15 is 0 Å². The van der Waals surface area contributed by atoms with E-state index in [4.69, 9.17) is 0 Å². The maximum atomic E-state index is 3.54. The van der Waals surface area contributed by atoms with E-state index in [0.29, 0.717) is 6.04 Å². The number of hydrogen-bond donors (Lipinski definition) is 1. The maximum Gasteiger partial charge on any atom is 0.0291 e. The van der Waals surface area contributed by atoms with Crippen LogP contribution in [-0.4, -0.2) is 6.54 Å². The fourth-order valence-electron chi connectivity index (χ4n) is 1.66. The molecule has 0 bridgehead atoms. The predicted octanol–water partition coefficient (Wildman–Crippen LogP) is 3.70. The number of hydrogen-bond acceptors (Lipinski definition) is 1. The summed E-state index contributed by atoms with van der Waals surface area (Å²) in [7, 11) is 0. The molecule has 0 saturated heterocycles. The Morgan fingerprint density at radius 1 is 1.13 bits per heavy atom. The number of unbranched alkanes of at least 4 members (excludes halogenated alkanes) is 1. The van der Waals surface area contributed by atoms with Gasteiger partial charge in [-0.15, -0.1) is 0 Å². The van der Waals surface area contributed by atoms with Crippen LogP contribution in [0.3, 0.4) is 0 Å². The van der Waals surface area contributed by atoms with E-state index < -0.39 is 0 Å². The van der Waals surface area contributed by atoms with E-state index in [9.17, 15) is 0 Å². The third-order valence-electron chi connectivity index (χ3n) is 2.87. The molecule has 0 aliphatic rings. The minimum atomic E-state index is 0.474. The van der Waals surface area contributed by atoms with Crippen molar-refractivity contribution < 1.29 is 0 Å². The summed E-state index contributed by atoms with van der Waals surface area (Å²) in [6.45, 7) is 7.77. The summed E-state index contributed by atoms with van der Waals surface area (Å²) in [5.41, 5.74) is 2.81. The minimum absolute atomic E-state index is 0.474. The average Bonchev–Trinajstić information content (AvgIpc) is 2.29. The molecule has 1 atom stereocenters. The van der Waals surface area contributed by atoms with Gasteiger partial charge in [0, 0.05) is 6.04 Å². The lowest BCUT2D eigenvalue weighted by atomic mass is 10.0. The predicted molar refractivity (Wildman–Crippen MR) is 67.1 cm³/mol. The zero-order valence-electron chi connectivity index (χ0n) is 10.2. The van der Waals surface area contributed by atoms with Crippen molar-refractivity contribution >= 4 is 0 Å². The highest BCUT2D eigenvalue weighted by Crippen LogP contribution is 2.13. The molecule has 84 valence electrons. The SMILES string of the molecule is CCCCN[C@H](C)c1ccc(CC)cc1. The Balaban J connectivity index is 2.46. The Bertz CT molecular complexity index is 263. The highest BCUT2D eigenvalue weighted by Gasteiger charge is 2.03. The fourth-order valence-corrected chi connectivity index (χ4v) is 1.66. The minimum Gasteiger partial charge on any atom is -0.310 e. The summed E-state index contributed by atoms with van der Waals surface area (Å²) in [5, 5.41) is 3.54. The van der Waals surface area contributed by atoms with Gasteiger partial charge in [-0.25, -0.2) is 0 Å². The van der Waals surface area contributed by atoms with Crippen molar-refractivity contribution in [2.45, 2.75) is 46.1 Å². The lowest BCUT2D eigenvalue weighted by Crippen LogP contribution is -2.19. The molecule has 1 N–H and O–H groups in total. The first-order valence-corrected chi connectivity index (χ1v) is 6.10. The first-order chi connectivity index (χ1) is 7.27. The van der Waals surface area contributed by atoms with E-state index in [1.165, 1.54) is 24.0 Å². The number of nitrogens with one attached hydrogen (secondary N) is 1. The first-order valence-electron chi connectivity index (χ1n) is 6.10. The molecule has 1 heteroatoms. The summed E-state index contributed by atoms with van der Waals surface area (Å²) in [6.07, 6.45) is 3.64. The highest BCUT2D eigenvalue weighted by atomic mass is 14.9. The van der Waals surface area contributed by atoms with Gasteiger partial charge in [0.25, 0.3) is 0 Å². The van der Waals surface area contributed by atoms with Crippen molar-refractivity contribution in [1.29, 1.82) is 0 Å². The second-order valence-electron chi connectivity index (χ2n) is 4.12. The average molecular weight is 205 g/mol. The molecule has 0 aliphatic carbocycles. The van der Waals surface area contributed by atoms with E-state index in [1.807, 2.05) is 0 Å². The standard InChI is InChI=1S/C14H23N/c1-4-6-11-15-12(3)14-9-7-13(5-2)8-10-14/h7-10,12,15H,4-6,11H2,1-3H3/t12-/m1/s1. The van der Waals surface area contributed by atoms with Crippen LogP contribution in [0.4, 0.5) is 0 Å². The van der Waals surface area contributed by atoms with Gasteiger partial charge in [-0.05, 0) is 37.4 Å². The van der Waals surface area contributed by atoms with Gasteiger partial charge in [-0.3, -0.25) is 0 Å². The van der Waals surface area contributed by atoms with E-state index in [1.54, 1.807) is 0 Å². The molecule has 1 rings (SSSR count). The van der Waals surface area contributed by atoms with Crippen LogP contribution >= 0.6 is 0 Å². The zero-order valence-corrected chi connectivity index (χ0v) is 10.2. The maximum absolute atomic E-state index is 3.54. The number of rotatable bonds is 6. The van der Waals surface area contributed by atoms with Crippen LogP contribution in [0.25, 0.3) is 0 Å². The van der Waals surface area contributed by atoms with Crippen molar-refractivity contribution in [3.05, 3.63) is 35.4 Å². The highest BCUT2D eigenvalue weighted by molar-refractivity contribution is 5.24. The molecular formula is C14H23N. The Morgan fingerprint density at radius 3 is 2.33 bits per heavy atom. The quantitative estimate of drug-likeness (QED) is 0.698. The Hall–Kier alpha value is -0.820. The van der Waals surface area contributed by atoms with Crippen LogP contribution < -0.4 is 5.32 Å². The Labute approximate surface area is 93.9 Å². The van der Waals surface area contributed by atoms with E-state index in [0.717, 1.165) is 13.0 Å². The zero-order chi connectivity index (χ0) is 11.1. The smallest absolute Gasteiger partial charge is 0.0291 e. The molecule has 15 heavy (non-hydrogen) atoms. The molecule has 0 radical (unpaired) electrons. The summed E-state index contributed by atoms with van der Waals surface area (Å²) in [4.78, 5) is 0. The van der Waals surface area contributed by atoms with Gasteiger partial charge in [-0.1, -0.05) is 44.5 Å². The van der Waals surface area contributed by atoms with E-state index in [2.05, 4.69) is 50.4 Å². The lowest BCUT2D eigenvalue weighted by molar-refractivity contribution is 0.554. The molecule has 0 aliphatic heterocycles. The van der Waals surface area contributed by atoms with Crippen LogP contribution in [0, 0.1) is 0 Å². The number of aryl methyl sites for hydroxylation is 1. The monoisotopic (exact) mass is 205 g/mol. The molecule has 0 spiro atoms. The van der Waals surface area contributed by atoms with Gasteiger partial charge < -0.3 is 5.32 Å². The van der Waals surface area contributed by atoms with Crippen LogP contribution in [0.15, 0.2) is 24.3 Å². The summed E-state index contributed by atoms with van der Waals surface area (Å²) < 4.78 is 0. The largest absolute Gasteiger partial charge is 0.310 e. The number of benzene rings is 1. The Kier molecular flexibility index (Phi) is 5.41. The first kappa shape index (κ1) is 12.3. The summed E-state index contributed by atoms with van der Waals surface area (Å²) >= 11 is 0. The summed E-state index contributed by atoms with van der Waals surface area (Å²) in [5.74, 6) is 0.